The summed E-state index contributed by atoms with van der Waals surface area (Å²) in [6.07, 6.45) is 4.82. The zero-order chi connectivity index (χ0) is 32.2. The van der Waals surface area contributed by atoms with Crippen LogP contribution in [0.4, 0.5) is 10.3 Å². The number of anilines is 1. The summed E-state index contributed by atoms with van der Waals surface area (Å²) in [5.74, 6) is 1.18. The summed E-state index contributed by atoms with van der Waals surface area (Å²) in [7, 11) is 1.58. The fourth-order valence-electron chi connectivity index (χ4n) is 5.69. The molecule has 240 valence electrons. The first-order valence-electron chi connectivity index (χ1n) is 15.1. The summed E-state index contributed by atoms with van der Waals surface area (Å²) < 4.78 is 35.8. The van der Waals surface area contributed by atoms with Crippen LogP contribution in [0.3, 0.4) is 0 Å². The Balaban J connectivity index is 1.35. The van der Waals surface area contributed by atoms with Gasteiger partial charge in [0, 0.05) is 15.9 Å². The summed E-state index contributed by atoms with van der Waals surface area (Å²) >= 11 is 8.49. The molecule has 12 heteroatoms. The van der Waals surface area contributed by atoms with Crippen LogP contribution in [-0.4, -0.2) is 33.9 Å². The summed E-state index contributed by atoms with van der Waals surface area (Å²) in [4.78, 5) is 18.6. The number of nitrogens with one attached hydrogen (secondary N) is 1. The van der Waals surface area contributed by atoms with Gasteiger partial charge < -0.3 is 19.5 Å². The molecule has 1 N–H and O–H groups in total. The fraction of sp³-hybridized carbons (Fsp3) is 0.324. The molecule has 0 saturated heterocycles. The van der Waals surface area contributed by atoms with Crippen molar-refractivity contribution in [2.45, 2.75) is 68.7 Å². The molecule has 1 aromatic heterocycles. The van der Waals surface area contributed by atoms with Crippen LogP contribution in [0.25, 0.3) is 0 Å². The van der Waals surface area contributed by atoms with Crippen molar-refractivity contribution in [2.75, 3.05) is 12.4 Å². The molecule has 1 unspecified atom stereocenters. The van der Waals surface area contributed by atoms with E-state index in [2.05, 4.69) is 37.2 Å². The number of methoxy groups -OCH3 is 1. The molecule has 1 aliphatic carbocycles. The minimum absolute atomic E-state index is 0.123. The van der Waals surface area contributed by atoms with E-state index in [0.717, 1.165) is 47.7 Å². The number of nitrogens with zero attached hydrogens (tertiary/aromatic N) is 3. The molecule has 2 heterocycles. The van der Waals surface area contributed by atoms with E-state index in [1.807, 2.05) is 43.3 Å². The van der Waals surface area contributed by atoms with Crippen molar-refractivity contribution in [1.82, 2.24) is 14.8 Å². The number of thioether (sulfide) groups is 1. The zero-order valence-electron chi connectivity index (χ0n) is 25.4. The topological polar surface area (TPSA) is 87.5 Å². The van der Waals surface area contributed by atoms with Crippen molar-refractivity contribution in [3.8, 4) is 11.5 Å². The number of aromatic nitrogens is 3. The van der Waals surface area contributed by atoms with Crippen molar-refractivity contribution < 1.29 is 23.4 Å². The van der Waals surface area contributed by atoms with Gasteiger partial charge in [-0.05, 0) is 95.6 Å². The Morgan fingerprint density at radius 3 is 2.59 bits per heavy atom. The fourth-order valence-corrected chi connectivity index (χ4v) is 7.35. The molecule has 0 bridgehead atoms. The molecular formula is C34H33Br2FN4O4S. The van der Waals surface area contributed by atoms with Crippen molar-refractivity contribution >= 4 is 55.5 Å². The highest BCUT2D eigenvalue weighted by atomic mass is 79.9. The lowest BCUT2D eigenvalue weighted by Gasteiger charge is -2.30. The average molecular weight is 773 g/mol. The maximum absolute atomic E-state index is 14.3. The molecule has 1 atom stereocenters. The third-order valence-electron chi connectivity index (χ3n) is 8.06. The van der Waals surface area contributed by atoms with Crippen LogP contribution >= 0.6 is 43.6 Å². The van der Waals surface area contributed by atoms with Crippen molar-refractivity contribution in [3.05, 3.63) is 103 Å². The van der Waals surface area contributed by atoms with Crippen molar-refractivity contribution in [2.24, 2.45) is 0 Å². The van der Waals surface area contributed by atoms with E-state index >= 15 is 0 Å². The molecule has 46 heavy (non-hydrogen) atoms. The van der Waals surface area contributed by atoms with E-state index in [1.54, 1.807) is 30.0 Å². The minimum Gasteiger partial charge on any atom is -0.493 e. The van der Waals surface area contributed by atoms with Gasteiger partial charge in [-0.3, -0.25) is 0 Å². The Labute approximate surface area is 288 Å². The lowest BCUT2D eigenvalue weighted by atomic mass is 9.94. The molecule has 0 spiro atoms. The van der Waals surface area contributed by atoms with Crippen LogP contribution in [0.5, 0.6) is 11.5 Å². The summed E-state index contributed by atoms with van der Waals surface area (Å²) in [5, 5.41) is 8.52. The van der Waals surface area contributed by atoms with Crippen LogP contribution in [0.15, 0.2) is 86.0 Å². The second-order valence-corrected chi connectivity index (χ2v) is 13.9. The van der Waals surface area contributed by atoms with Gasteiger partial charge >= 0.3 is 5.97 Å². The van der Waals surface area contributed by atoms with Crippen LogP contribution in [-0.2, 0) is 21.9 Å². The molecule has 0 radical (unpaired) electrons. The minimum atomic E-state index is -0.673. The van der Waals surface area contributed by atoms with E-state index in [0.29, 0.717) is 56.3 Å². The van der Waals surface area contributed by atoms with Gasteiger partial charge in [0.05, 0.1) is 17.2 Å². The summed E-state index contributed by atoms with van der Waals surface area (Å²) in [6, 6.07) is 17.6. The average Bonchev–Trinajstić information content (AvgIpc) is 3.46. The van der Waals surface area contributed by atoms with Crippen LogP contribution in [0, 0.1) is 5.82 Å². The summed E-state index contributed by atoms with van der Waals surface area (Å²) in [5.41, 5.74) is 3.35. The molecule has 1 saturated carbocycles. The molecule has 6 rings (SSSR count). The van der Waals surface area contributed by atoms with Gasteiger partial charge in [-0.25, -0.2) is 13.9 Å². The van der Waals surface area contributed by atoms with Gasteiger partial charge in [0.2, 0.25) is 11.1 Å². The second kappa shape index (κ2) is 14.6. The monoisotopic (exact) mass is 770 g/mol. The van der Waals surface area contributed by atoms with E-state index in [4.69, 9.17) is 24.3 Å². The number of halogens is 3. The van der Waals surface area contributed by atoms with Gasteiger partial charge in [-0.2, -0.15) is 4.98 Å². The van der Waals surface area contributed by atoms with Crippen LogP contribution in [0.2, 0.25) is 0 Å². The molecule has 1 aliphatic heterocycles. The van der Waals surface area contributed by atoms with Crippen molar-refractivity contribution in [1.29, 1.82) is 0 Å². The van der Waals surface area contributed by atoms with E-state index in [-0.39, 0.29) is 11.9 Å². The molecular weight excluding hydrogens is 739 g/mol. The van der Waals surface area contributed by atoms with Gasteiger partial charge in [0.1, 0.15) is 24.6 Å². The SMILES string of the molecule is COc1cc(C2C(C(=O)OC3CCCCC3)=C(C)Nc3nc(SCc4ccccc4F)nn32)cc(Br)c1OCc1ccc(Br)cc1. The normalized spacial score (nSPS) is 16.5. The quantitative estimate of drug-likeness (QED) is 0.126. The number of carbonyl (C=O) groups is 1. The molecule has 1 fully saturated rings. The Bertz CT molecular complexity index is 1760. The smallest absolute Gasteiger partial charge is 0.338 e. The van der Waals surface area contributed by atoms with E-state index < -0.39 is 12.0 Å². The number of esters is 1. The first-order chi connectivity index (χ1) is 22.3. The Morgan fingerprint density at radius 2 is 1.85 bits per heavy atom. The standard InChI is InChI=1S/C34H33Br2FN4O4S/c1-20-29(32(42)45-25-9-4-3-5-10-25)30(41-33(38-20)39-34(40-41)46-19-22-8-6-7-11-27(22)37)23-16-26(36)31(28(17-23)43-2)44-18-21-12-14-24(35)15-13-21/h6-8,11-17,25,30H,3-5,9-10,18-19H2,1-2H3,(H,38,39,40). The summed E-state index contributed by atoms with van der Waals surface area (Å²) in [6.45, 7) is 2.18. The molecule has 2 aliphatic rings. The maximum atomic E-state index is 14.3. The number of carbonyl (C=O) groups excluding carboxylic acids is 1. The third kappa shape index (κ3) is 7.29. The lowest BCUT2D eigenvalue weighted by Crippen LogP contribution is -2.32. The highest BCUT2D eigenvalue weighted by molar-refractivity contribution is 9.10. The molecule has 0 amide bonds. The van der Waals surface area contributed by atoms with Gasteiger partial charge in [0.15, 0.2) is 11.5 Å². The molecule has 3 aromatic carbocycles. The van der Waals surface area contributed by atoms with Gasteiger partial charge in [-0.1, -0.05) is 64.4 Å². The van der Waals surface area contributed by atoms with Crippen LogP contribution in [0.1, 0.15) is 61.8 Å². The second-order valence-electron chi connectivity index (χ2n) is 11.2. The maximum Gasteiger partial charge on any atom is 0.338 e. The number of allylic oxidation sites excluding steroid dienone is 1. The number of hydrogen-bond donors (Lipinski definition) is 1. The predicted octanol–water partition coefficient (Wildman–Crippen LogP) is 8.99. The van der Waals surface area contributed by atoms with E-state index in [9.17, 15) is 9.18 Å². The van der Waals surface area contributed by atoms with Crippen LogP contribution < -0.4 is 14.8 Å². The number of ether oxygens (including phenoxy) is 3. The Kier molecular flexibility index (Phi) is 10.3. The zero-order valence-corrected chi connectivity index (χ0v) is 29.4. The largest absolute Gasteiger partial charge is 0.493 e. The highest BCUT2D eigenvalue weighted by Gasteiger charge is 2.37. The Morgan fingerprint density at radius 1 is 1.09 bits per heavy atom. The number of rotatable bonds is 10. The number of hydrogen-bond acceptors (Lipinski definition) is 8. The Hall–Kier alpha value is -3.35. The first-order valence-corrected chi connectivity index (χ1v) is 17.6. The van der Waals surface area contributed by atoms with Gasteiger partial charge in [0.25, 0.3) is 0 Å². The van der Waals surface area contributed by atoms with Crippen molar-refractivity contribution in [3.63, 3.8) is 0 Å². The van der Waals surface area contributed by atoms with E-state index in [1.165, 1.54) is 17.8 Å². The number of benzene rings is 3. The predicted molar refractivity (Wildman–Crippen MR) is 183 cm³/mol. The molecule has 4 aromatic rings. The number of fused-ring (bicyclic) bond motifs is 1. The molecule has 8 nitrogen and oxygen atoms in total. The van der Waals surface area contributed by atoms with Gasteiger partial charge in [-0.15, -0.1) is 5.10 Å². The third-order valence-corrected chi connectivity index (χ3v) is 10.1. The lowest BCUT2D eigenvalue weighted by molar-refractivity contribution is -0.146. The first kappa shape index (κ1) is 32.6. The highest BCUT2D eigenvalue weighted by Crippen LogP contribution is 2.44.